The highest BCUT2D eigenvalue weighted by atomic mass is 35.5. The number of hydrogen-bond donors (Lipinski definition) is 2. The molecule has 2 aromatic heterocycles. The summed E-state index contributed by atoms with van der Waals surface area (Å²) in [6.45, 7) is 3.05. The van der Waals surface area contributed by atoms with Crippen LogP contribution in [0.3, 0.4) is 0 Å². The number of aromatic nitrogens is 4. The quantitative estimate of drug-likeness (QED) is 0.709. The molecule has 3 rings (SSSR count). The molecule has 6 nitrogen and oxygen atoms in total. The molecular weight excluding hydrogens is 331 g/mol. The van der Waals surface area contributed by atoms with Gasteiger partial charge in [0.05, 0.1) is 18.1 Å². The summed E-state index contributed by atoms with van der Waals surface area (Å²) >= 11 is 6.11. The van der Waals surface area contributed by atoms with E-state index in [-0.39, 0.29) is 12.4 Å². The molecule has 0 atom stereocenters. The Kier molecular flexibility index (Phi) is 4.90. The van der Waals surface area contributed by atoms with Crippen LogP contribution in [0.1, 0.15) is 12.5 Å². The van der Waals surface area contributed by atoms with Gasteiger partial charge in [0.25, 0.3) is 0 Å². The van der Waals surface area contributed by atoms with Crippen molar-refractivity contribution in [1.29, 1.82) is 0 Å². The molecule has 0 spiro atoms. The SMILES string of the molecule is CCn1cc(Nc2ncc(Cl)c(NCc3ccccc3F)n2)cn1. The maximum Gasteiger partial charge on any atom is 0.229 e. The zero-order valence-corrected chi connectivity index (χ0v) is 13.8. The first-order chi connectivity index (χ1) is 11.7. The normalized spacial score (nSPS) is 10.6. The Balaban J connectivity index is 1.72. The molecule has 0 bridgehead atoms. The molecule has 0 unspecified atom stereocenters. The minimum absolute atomic E-state index is 0.274. The summed E-state index contributed by atoms with van der Waals surface area (Å²) in [7, 11) is 0. The predicted octanol–water partition coefficient (Wildman–Crippen LogP) is 3.84. The van der Waals surface area contributed by atoms with E-state index in [1.54, 1.807) is 29.1 Å². The third-order valence-corrected chi connectivity index (χ3v) is 3.64. The van der Waals surface area contributed by atoms with E-state index in [4.69, 9.17) is 11.6 Å². The van der Waals surface area contributed by atoms with Gasteiger partial charge in [0, 0.05) is 24.8 Å². The van der Waals surface area contributed by atoms with Gasteiger partial charge in [-0.3, -0.25) is 4.68 Å². The summed E-state index contributed by atoms with van der Waals surface area (Å²) in [6.07, 6.45) is 5.03. The van der Waals surface area contributed by atoms with Crippen LogP contribution >= 0.6 is 11.6 Å². The summed E-state index contributed by atoms with van der Waals surface area (Å²) in [6, 6.07) is 6.54. The van der Waals surface area contributed by atoms with E-state index < -0.39 is 0 Å². The van der Waals surface area contributed by atoms with E-state index in [1.807, 2.05) is 13.1 Å². The van der Waals surface area contributed by atoms with Crippen molar-refractivity contribution < 1.29 is 4.39 Å². The van der Waals surface area contributed by atoms with E-state index in [0.717, 1.165) is 12.2 Å². The molecule has 0 saturated heterocycles. The molecule has 0 amide bonds. The Bertz CT molecular complexity index is 835. The van der Waals surface area contributed by atoms with Crippen LogP contribution in [0.25, 0.3) is 0 Å². The van der Waals surface area contributed by atoms with E-state index in [1.165, 1.54) is 12.3 Å². The lowest BCUT2D eigenvalue weighted by atomic mass is 10.2. The fraction of sp³-hybridized carbons (Fsp3) is 0.188. The van der Waals surface area contributed by atoms with E-state index in [2.05, 4.69) is 25.7 Å². The van der Waals surface area contributed by atoms with Crippen molar-refractivity contribution in [3.05, 3.63) is 59.3 Å². The van der Waals surface area contributed by atoms with Gasteiger partial charge in [-0.15, -0.1) is 0 Å². The molecule has 2 N–H and O–H groups in total. The van der Waals surface area contributed by atoms with Crippen molar-refractivity contribution in [3.63, 3.8) is 0 Å². The van der Waals surface area contributed by atoms with Gasteiger partial charge in [0.15, 0.2) is 5.82 Å². The lowest BCUT2D eigenvalue weighted by Crippen LogP contribution is -2.06. The standard InChI is InChI=1S/C16H16ClFN6/c1-2-24-10-12(8-21-24)22-16-20-9-13(17)15(23-16)19-7-11-5-3-4-6-14(11)18/h3-6,8-10H,2,7H2,1H3,(H2,19,20,22,23). The predicted molar refractivity (Wildman–Crippen MR) is 92.0 cm³/mol. The second-order valence-electron chi connectivity index (χ2n) is 5.04. The highest BCUT2D eigenvalue weighted by Crippen LogP contribution is 2.22. The second kappa shape index (κ2) is 7.27. The van der Waals surface area contributed by atoms with Crippen LogP contribution in [0.15, 0.2) is 42.9 Å². The van der Waals surface area contributed by atoms with Crippen molar-refractivity contribution in [2.45, 2.75) is 20.0 Å². The van der Waals surface area contributed by atoms with Gasteiger partial charge in [-0.1, -0.05) is 29.8 Å². The Morgan fingerprint density at radius 2 is 2.08 bits per heavy atom. The van der Waals surface area contributed by atoms with Crippen molar-refractivity contribution >= 4 is 29.1 Å². The van der Waals surface area contributed by atoms with Crippen molar-refractivity contribution in [1.82, 2.24) is 19.7 Å². The Labute approximate surface area is 143 Å². The highest BCUT2D eigenvalue weighted by molar-refractivity contribution is 6.32. The molecular formula is C16H16ClFN6. The number of rotatable bonds is 6. The van der Waals surface area contributed by atoms with Crippen LogP contribution in [0.2, 0.25) is 5.02 Å². The summed E-state index contributed by atoms with van der Waals surface area (Å²) in [5.74, 6) is 0.534. The Hall–Kier alpha value is -2.67. The fourth-order valence-corrected chi connectivity index (χ4v) is 2.26. The number of nitrogens with zero attached hydrogens (tertiary/aromatic N) is 4. The number of benzene rings is 1. The highest BCUT2D eigenvalue weighted by Gasteiger charge is 2.08. The van der Waals surface area contributed by atoms with Gasteiger partial charge < -0.3 is 10.6 Å². The molecule has 124 valence electrons. The lowest BCUT2D eigenvalue weighted by Gasteiger charge is -2.10. The topological polar surface area (TPSA) is 67.7 Å². The van der Waals surface area contributed by atoms with Gasteiger partial charge >= 0.3 is 0 Å². The Morgan fingerprint density at radius 1 is 1.25 bits per heavy atom. The number of aryl methyl sites for hydroxylation is 1. The summed E-state index contributed by atoms with van der Waals surface area (Å²) < 4.78 is 15.5. The van der Waals surface area contributed by atoms with Crippen molar-refractivity contribution in [2.75, 3.05) is 10.6 Å². The third kappa shape index (κ3) is 3.80. The monoisotopic (exact) mass is 346 g/mol. The van der Waals surface area contributed by atoms with Crippen LogP contribution in [-0.4, -0.2) is 19.7 Å². The van der Waals surface area contributed by atoms with Crippen molar-refractivity contribution in [3.8, 4) is 0 Å². The minimum Gasteiger partial charge on any atom is -0.364 e. The first kappa shape index (κ1) is 16.2. The van der Waals surface area contributed by atoms with Crippen LogP contribution in [-0.2, 0) is 13.1 Å². The summed E-state index contributed by atoms with van der Waals surface area (Å²) in [5, 5.41) is 10.6. The number of halogens is 2. The molecule has 24 heavy (non-hydrogen) atoms. The van der Waals surface area contributed by atoms with Crippen LogP contribution in [0.4, 0.5) is 21.8 Å². The largest absolute Gasteiger partial charge is 0.364 e. The van der Waals surface area contributed by atoms with Gasteiger partial charge in [0.1, 0.15) is 10.8 Å². The van der Waals surface area contributed by atoms with E-state index in [9.17, 15) is 4.39 Å². The smallest absolute Gasteiger partial charge is 0.229 e. The maximum absolute atomic E-state index is 13.7. The van der Waals surface area contributed by atoms with Crippen molar-refractivity contribution in [2.24, 2.45) is 0 Å². The first-order valence-electron chi connectivity index (χ1n) is 7.45. The number of nitrogens with one attached hydrogen (secondary N) is 2. The van der Waals surface area contributed by atoms with E-state index >= 15 is 0 Å². The first-order valence-corrected chi connectivity index (χ1v) is 7.83. The molecule has 0 saturated carbocycles. The molecule has 0 aliphatic rings. The zero-order valence-electron chi connectivity index (χ0n) is 13.0. The summed E-state index contributed by atoms with van der Waals surface area (Å²) in [4.78, 5) is 8.46. The molecule has 0 aliphatic carbocycles. The van der Waals surface area contributed by atoms with Crippen LogP contribution < -0.4 is 10.6 Å². The van der Waals surface area contributed by atoms with E-state index in [0.29, 0.717) is 22.4 Å². The zero-order chi connectivity index (χ0) is 16.9. The number of hydrogen-bond acceptors (Lipinski definition) is 5. The van der Waals surface area contributed by atoms with Crippen LogP contribution in [0, 0.1) is 5.82 Å². The van der Waals surface area contributed by atoms with Gasteiger partial charge in [-0.05, 0) is 13.0 Å². The molecule has 0 aliphatic heterocycles. The average molecular weight is 347 g/mol. The third-order valence-electron chi connectivity index (χ3n) is 3.36. The average Bonchev–Trinajstić information content (AvgIpc) is 3.04. The maximum atomic E-state index is 13.7. The lowest BCUT2D eigenvalue weighted by molar-refractivity contribution is 0.613. The molecule has 1 aromatic carbocycles. The molecule has 0 radical (unpaired) electrons. The second-order valence-corrected chi connectivity index (χ2v) is 5.45. The number of anilines is 3. The molecule has 2 heterocycles. The summed E-state index contributed by atoms with van der Waals surface area (Å²) in [5.41, 5.74) is 1.31. The Morgan fingerprint density at radius 3 is 2.83 bits per heavy atom. The molecule has 0 fully saturated rings. The van der Waals surface area contributed by atoms with Gasteiger partial charge in [0.2, 0.25) is 5.95 Å². The van der Waals surface area contributed by atoms with Gasteiger partial charge in [-0.2, -0.15) is 10.1 Å². The fourth-order valence-electron chi connectivity index (χ4n) is 2.10. The van der Waals surface area contributed by atoms with Gasteiger partial charge in [-0.25, -0.2) is 9.37 Å². The minimum atomic E-state index is -0.277. The molecule has 8 heteroatoms. The molecule has 3 aromatic rings. The van der Waals surface area contributed by atoms with Crippen LogP contribution in [0.5, 0.6) is 0 Å².